The van der Waals surface area contributed by atoms with Gasteiger partial charge in [-0.15, -0.1) is 0 Å². The molecule has 0 unspecified atom stereocenters. The SMILES string of the molecule is NCc1cnc2ccccc2c1-n1cc(Cl)cn1. The van der Waals surface area contributed by atoms with Gasteiger partial charge in [0.1, 0.15) is 0 Å². The third-order valence-corrected chi connectivity index (χ3v) is 3.02. The number of aromatic nitrogens is 3. The Labute approximate surface area is 109 Å². The molecule has 0 radical (unpaired) electrons. The zero-order valence-electron chi connectivity index (χ0n) is 9.55. The fraction of sp³-hybridized carbons (Fsp3) is 0.0769. The fourth-order valence-electron chi connectivity index (χ4n) is 2.01. The van der Waals surface area contributed by atoms with E-state index in [4.69, 9.17) is 17.3 Å². The summed E-state index contributed by atoms with van der Waals surface area (Å²) in [5.74, 6) is 0. The Morgan fingerprint density at radius 3 is 2.78 bits per heavy atom. The highest BCUT2D eigenvalue weighted by Gasteiger charge is 2.10. The van der Waals surface area contributed by atoms with Crippen LogP contribution in [0.25, 0.3) is 16.6 Å². The Kier molecular flexibility index (Phi) is 2.74. The first-order chi connectivity index (χ1) is 8.79. The Bertz CT molecular complexity index is 705. The van der Waals surface area contributed by atoms with Crippen LogP contribution >= 0.6 is 11.6 Å². The Morgan fingerprint density at radius 1 is 1.22 bits per heavy atom. The van der Waals surface area contributed by atoms with Crippen molar-refractivity contribution in [3.05, 3.63) is 53.4 Å². The quantitative estimate of drug-likeness (QED) is 0.768. The number of pyridine rings is 1. The summed E-state index contributed by atoms with van der Waals surface area (Å²) in [6, 6.07) is 7.90. The molecular formula is C13H11ClN4. The van der Waals surface area contributed by atoms with Crippen LogP contribution in [0.3, 0.4) is 0 Å². The molecule has 0 atom stereocenters. The molecule has 18 heavy (non-hydrogen) atoms. The van der Waals surface area contributed by atoms with Crippen molar-refractivity contribution < 1.29 is 0 Å². The molecule has 0 fully saturated rings. The average Bonchev–Trinajstić information content (AvgIpc) is 2.83. The molecule has 0 saturated heterocycles. The van der Waals surface area contributed by atoms with Crippen LogP contribution in [0, 0.1) is 0 Å². The predicted molar refractivity (Wildman–Crippen MR) is 71.8 cm³/mol. The van der Waals surface area contributed by atoms with E-state index in [1.165, 1.54) is 0 Å². The normalized spacial score (nSPS) is 11.0. The fourth-order valence-corrected chi connectivity index (χ4v) is 2.15. The molecule has 0 aliphatic heterocycles. The number of nitrogens with two attached hydrogens (primary N) is 1. The minimum Gasteiger partial charge on any atom is -0.326 e. The largest absolute Gasteiger partial charge is 0.326 e. The summed E-state index contributed by atoms with van der Waals surface area (Å²) < 4.78 is 1.74. The van der Waals surface area contributed by atoms with Gasteiger partial charge in [0.15, 0.2) is 0 Å². The number of fused-ring (bicyclic) bond motifs is 1. The lowest BCUT2D eigenvalue weighted by atomic mass is 10.1. The Morgan fingerprint density at radius 2 is 2.06 bits per heavy atom. The van der Waals surface area contributed by atoms with Gasteiger partial charge in [0.25, 0.3) is 0 Å². The first kappa shape index (κ1) is 11.2. The van der Waals surface area contributed by atoms with Crippen molar-refractivity contribution in [2.45, 2.75) is 6.54 Å². The molecule has 0 spiro atoms. The Hall–Kier alpha value is -1.91. The predicted octanol–water partition coefficient (Wildman–Crippen LogP) is 2.53. The van der Waals surface area contributed by atoms with Gasteiger partial charge in [-0.1, -0.05) is 29.8 Å². The minimum absolute atomic E-state index is 0.407. The first-order valence-corrected chi connectivity index (χ1v) is 5.94. The number of nitrogens with zero attached hydrogens (tertiary/aromatic N) is 3. The van der Waals surface area contributed by atoms with Crippen molar-refractivity contribution in [2.24, 2.45) is 5.73 Å². The van der Waals surface area contributed by atoms with E-state index >= 15 is 0 Å². The van der Waals surface area contributed by atoms with Crippen molar-refractivity contribution in [2.75, 3.05) is 0 Å². The third kappa shape index (κ3) is 1.75. The second kappa shape index (κ2) is 4.40. The average molecular weight is 259 g/mol. The number of halogens is 1. The smallest absolute Gasteiger partial charge is 0.0800 e. The molecule has 3 aromatic rings. The van der Waals surface area contributed by atoms with Crippen LogP contribution in [0.5, 0.6) is 0 Å². The van der Waals surface area contributed by atoms with E-state index in [2.05, 4.69) is 10.1 Å². The van der Waals surface area contributed by atoms with Gasteiger partial charge >= 0.3 is 0 Å². The van der Waals surface area contributed by atoms with Crippen LogP contribution in [0.4, 0.5) is 0 Å². The van der Waals surface area contributed by atoms with Gasteiger partial charge in [-0.25, -0.2) is 4.68 Å². The number of rotatable bonds is 2. The highest BCUT2D eigenvalue weighted by Crippen LogP contribution is 2.24. The molecule has 0 saturated carbocycles. The molecular weight excluding hydrogens is 248 g/mol. The van der Waals surface area contributed by atoms with E-state index in [0.29, 0.717) is 11.6 Å². The number of hydrogen-bond acceptors (Lipinski definition) is 3. The molecule has 90 valence electrons. The third-order valence-electron chi connectivity index (χ3n) is 2.82. The topological polar surface area (TPSA) is 56.7 Å². The molecule has 1 aromatic carbocycles. The van der Waals surface area contributed by atoms with E-state index in [9.17, 15) is 0 Å². The summed E-state index contributed by atoms with van der Waals surface area (Å²) in [4.78, 5) is 4.39. The number of benzene rings is 1. The van der Waals surface area contributed by atoms with Gasteiger partial charge in [-0.05, 0) is 6.07 Å². The van der Waals surface area contributed by atoms with Crippen molar-refractivity contribution in [3.63, 3.8) is 0 Å². The van der Waals surface area contributed by atoms with E-state index in [0.717, 1.165) is 22.2 Å². The van der Waals surface area contributed by atoms with Crippen LogP contribution in [-0.2, 0) is 6.54 Å². The first-order valence-electron chi connectivity index (χ1n) is 5.57. The number of hydrogen-bond donors (Lipinski definition) is 1. The summed E-state index contributed by atoms with van der Waals surface area (Å²) in [7, 11) is 0. The summed E-state index contributed by atoms with van der Waals surface area (Å²) >= 11 is 5.93. The van der Waals surface area contributed by atoms with E-state index < -0.39 is 0 Å². The molecule has 0 bridgehead atoms. The second-order valence-corrected chi connectivity index (χ2v) is 4.39. The van der Waals surface area contributed by atoms with Crippen molar-refractivity contribution in [1.82, 2.24) is 14.8 Å². The van der Waals surface area contributed by atoms with Crippen LogP contribution in [0.15, 0.2) is 42.9 Å². The van der Waals surface area contributed by atoms with Crippen LogP contribution in [0.1, 0.15) is 5.56 Å². The summed E-state index contributed by atoms with van der Waals surface area (Å²) in [5, 5.41) is 5.86. The molecule has 2 N–H and O–H groups in total. The molecule has 2 heterocycles. The Balaban J connectivity index is 2.37. The van der Waals surface area contributed by atoms with Gasteiger partial charge in [-0.2, -0.15) is 5.10 Å². The maximum Gasteiger partial charge on any atom is 0.0800 e. The standard InChI is InChI=1S/C13H11ClN4/c14-10-7-17-18(8-10)13-9(5-15)6-16-12-4-2-1-3-11(12)13/h1-4,6-8H,5,15H2. The molecule has 2 aromatic heterocycles. The van der Waals surface area contributed by atoms with Crippen LogP contribution in [0.2, 0.25) is 5.02 Å². The zero-order chi connectivity index (χ0) is 12.5. The lowest BCUT2D eigenvalue weighted by Crippen LogP contribution is -2.06. The summed E-state index contributed by atoms with van der Waals surface area (Å²) in [6.07, 6.45) is 5.16. The monoisotopic (exact) mass is 258 g/mol. The van der Waals surface area contributed by atoms with Gasteiger partial charge < -0.3 is 5.73 Å². The van der Waals surface area contributed by atoms with E-state index in [1.807, 2.05) is 24.3 Å². The molecule has 0 aliphatic rings. The van der Waals surface area contributed by atoms with Crippen LogP contribution < -0.4 is 5.73 Å². The van der Waals surface area contributed by atoms with Crippen molar-refractivity contribution in [1.29, 1.82) is 0 Å². The van der Waals surface area contributed by atoms with Gasteiger partial charge in [0.05, 0.1) is 22.4 Å². The zero-order valence-corrected chi connectivity index (χ0v) is 10.3. The maximum atomic E-state index is 5.93. The lowest BCUT2D eigenvalue weighted by molar-refractivity contribution is 0.863. The lowest BCUT2D eigenvalue weighted by Gasteiger charge is -2.10. The second-order valence-electron chi connectivity index (χ2n) is 3.96. The molecule has 0 amide bonds. The maximum absolute atomic E-state index is 5.93. The number of para-hydroxylation sites is 1. The van der Waals surface area contributed by atoms with Gasteiger partial charge in [-0.3, -0.25) is 4.98 Å². The molecule has 4 nitrogen and oxygen atoms in total. The highest BCUT2D eigenvalue weighted by atomic mass is 35.5. The van der Waals surface area contributed by atoms with Crippen molar-refractivity contribution in [3.8, 4) is 5.69 Å². The van der Waals surface area contributed by atoms with E-state index in [1.54, 1.807) is 23.3 Å². The minimum atomic E-state index is 0.407. The summed E-state index contributed by atoms with van der Waals surface area (Å²) in [5.41, 5.74) is 8.56. The van der Waals surface area contributed by atoms with E-state index in [-0.39, 0.29) is 0 Å². The molecule has 3 rings (SSSR count). The molecule has 0 aliphatic carbocycles. The molecule has 5 heteroatoms. The van der Waals surface area contributed by atoms with Crippen LogP contribution in [-0.4, -0.2) is 14.8 Å². The van der Waals surface area contributed by atoms with Crippen molar-refractivity contribution >= 4 is 22.5 Å². The highest BCUT2D eigenvalue weighted by molar-refractivity contribution is 6.30. The van der Waals surface area contributed by atoms with Gasteiger partial charge in [0.2, 0.25) is 0 Å². The summed E-state index contributed by atoms with van der Waals surface area (Å²) in [6.45, 7) is 0.407. The van der Waals surface area contributed by atoms with Gasteiger partial charge in [0, 0.05) is 29.9 Å².